The van der Waals surface area contributed by atoms with Crippen LogP contribution >= 0.6 is 23.2 Å². The Balaban J connectivity index is 2.38. The van der Waals surface area contributed by atoms with Crippen LogP contribution in [0.3, 0.4) is 0 Å². The molecule has 0 amide bonds. The molecule has 0 atom stereocenters. The highest BCUT2D eigenvalue weighted by atomic mass is 35.5. The van der Waals surface area contributed by atoms with E-state index in [2.05, 4.69) is 14.7 Å². The summed E-state index contributed by atoms with van der Waals surface area (Å²) in [6, 6.07) is 6.06. The van der Waals surface area contributed by atoms with Gasteiger partial charge in [0.1, 0.15) is 10.7 Å². The Labute approximate surface area is 120 Å². The minimum atomic E-state index is -3.81. The number of aryl methyl sites for hydroxylation is 1. The van der Waals surface area contributed by atoms with Gasteiger partial charge in [0.15, 0.2) is 0 Å². The van der Waals surface area contributed by atoms with Crippen LogP contribution < -0.4 is 4.72 Å². The third-order valence-corrected chi connectivity index (χ3v) is 4.26. The molecule has 0 spiro atoms. The highest BCUT2D eigenvalue weighted by Gasteiger charge is 2.18. The van der Waals surface area contributed by atoms with Gasteiger partial charge in [-0.1, -0.05) is 17.7 Å². The van der Waals surface area contributed by atoms with E-state index in [1.165, 1.54) is 18.3 Å². The zero-order valence-corrected chi connectivity index (χ0v) is 12.1. The Morgan fingerprint density at radius 2 is 1.95 bits per heavy atom. The largest absolute Gasteiger partial charge is 0.264 e. The number of sulfonamides is 1. The highest BCUT2D eigenvalue weighted by Crippen LogP contribution is 2.24. The van der Waals surface area contributed by atoms with Crippen molar-refractivity contribution >= 4 is 39.0 Å². The van der Waals surface area contributed by atoms with Crippen LogP contribution in [-0.4, -0.2) is 18.4 Å². The molecule has 100 valence electrons. The molecule has 2 aromatic rings. The summed E-state index contributed by atoms with van der Waals surface area (Å²) in [5.74, 6) is 0.0802. The first-order valence-corrected chi connectivity index (χ1v) is 7.40. The zero-order valence-electron chi connectivity index (χ0n) is 9.76. The van der Waals surface area contributed by atoms with Gasteiger partial charge >= 0.3 is 0 Å². The molecule has 0 aliphatic rings. The molecule has 0 aliphatic heterocycles. The molecule has 19 heavy (non-hydrogen) atoms. The topological polar surface area (TPSA) is 72.0 Å². The van der Waals surface area contributed by atoms with Gasteiger partial charge in [-0.2, -0.15) is 4.98 Å². The summed E-state index contributed by atoms with van der Waals surface area (Å²) < 4.78 is 26.6. The van der Waals surface area contributed by atoms with Crippen LogP contribution in [0.2, 0.25) is 10.3 Å². The van der Waals surface area contributed by atoms with Crippen molar-refractivity contribution in [2.45, 2.75) is 11.8 Å². The van der Waals surface area contributed by atoms with Crippen molar-refractivity contribution in [1.29, 1.82) is 0 Å². The predicted molar refractivity (Wildman–Crippen MR) is 74.0 cm³/mol. The SMILES string of the molecule is Cc1ccc(S(=O)(=O)Nc2ccnc(Cl)n2)c(Cl)c1. The van der Waals surface area contributed by atoms with E-state index >= 15 is 0 Å². The standard InChI is InChI=1S/C11H9Cl2N3O2S/c1-7-2-3-9(8(12)6-7)19(17,18)16-10-4-5-14-11(13)15-10/h2-6H,1H3,(H,14,15,16). The molecule has 8 heteroatoms. The van der Waals surface area contributed by atoms with Crippen molar-refractivity contribution in [1.82, 2.24) is 9.97 Å². The molecule has 1 heterocycles. The fraction of sp³-hybridized carbons (Fsp3) is 0.0909. The average Bonchev–Trinajstić information content (AvgIpc) is 2.27. The molecular weight excluding hydrogens is 309 g/mol. The summed E-state index contributed by atoms with van der Waals surface area (Å²) in [6.07, 6.45) is 1.35. The van der Waals surface area contributed by atoms with Crippen LogP contribution in [-0.2, 0) is 10.0 Å². The lowest BCUT2D eigenvalue weighted by Gasteiger charge is -2.09. The summed E-state index contributed by atoms with van der Waals surface area (Å²) in [5, 5.41) is 0.0999. The molecule has 0 unspecified atom stereocenters. The second-order valence-corrected chi connectivity index (χ2v) is 6.15. The summed E-state index contributed by atoms with van der Waals surface area (Å²) in [5.41, 5.74) is 0.869. The predicted octanol–water partition coefficient (Wildman–Crippen LogP) is 2.89. The van der Waals surface area contributed by atoms with Crippen LogP contribution in [0.25, 0.3) is 0 Å². The molecule has 1 N–H and O–H groups in total. The Kier molecular flexibility index (Phi) is 3.93. The number of nitrogens with one attached hydrogen (secondary N) is 1. The van der Waals surface area contributed by atoms with Gasteiger partial charge in [-0.15, -0.1) is 0 Å². The van der Waals surface area contributed by atoms with Crippen molar-refractivity contribution in [2.24, 2.45) is 0 Å². The fourth-order valence-corrected chi connectivity index (χ4v) is 3.16. The van der Waals surface area contributed by atoms with E-state index in [-0.39, 0.29) is 21.0 Å². The van der Waals surface area contributed by atoms with Crippen molar-refractivity contribution in [2.75, 3.05) is 4.72 Å². The molecule has 1 aromatic carbocycles. The van der Waals surface area contributed by atoms with Gasteiger partial charge in [0.05, 0.1) is 5.02 Å². The van der Waals surface area contributed by atoms with Crippen molar-refractivity contribution in [3.8, 4) is 0 Å². The second-order valence-electron chi connectivity index (χ2n) is 3.75. The first-order chi connectivity index (χ1) is 8.88. The van der Waals surface area contributed by atoms with E-state index in [1.54, 1.807) is 12.1 Å². The highest BCUT2D eigenvalue weighted by molar-refractivity contribution is 7.92. The van der Waals surface area contributed by atoms with Gasteiger partial charge in [-0.25, -0.2) is 13.4 Å². The lowest BCUT2D eigenvalue weighted by Crippen LogP contribution is -2.14. The maximum Gasteiger partial charge on any atom is 0.264 e. The van der Waals surface area contributed by atoms with Crippen LogP contribution in [0.15, 0.2) is 35.4 Å². The van der Waals surface area contributed by atoms with E-state index < -0.39 is 10.0 Å². The molecule has 0 bridgehead atoms. The molecular formula is C11H9Cl2N3O2S. The third kappa shape index (κ3) is 3.34. The first-order valence-electron chi connectivity index (χ1n) is 5.16. The zero-order chi connectivity index (χ0) is 14.0. The smallest absolute Gasteiger partial charge is 0.263 e. The number of halogens is 2. The number of hydrogen-bond acceptors (Lipinski definition) is 4. The summed E-state index contributed by atoms with van der Waals surface area (Å²) in [4.78, 5) is 7.40. The van der Waals surface area contributed by atoms with E-state index in [0.29, 0.717) is 0 Å². The van der Waals surface area contributed by atoms with E-state index in [4.69, 9.17) is 23.2 Å². The van der Waals surface area contributed by atoms with Crippen molar-refractivity contribution in [3.05, 3.63) is 46.3 Å². The molecule has 1 aromatic heterocycles. The Morgan fingerprint density at radius 1 is 1.21 bits per heavy atom. The summed E-state index contributed by atoms with van der Waals surface area (Å²) >= 11 is 11.5. The molecule has 5 nitrogen and oxygen atoms in total. The van der Waals surface area contributed by atoms with E-state index in [9.17, 15) is 8.42 Å². The Morgan fingerprint density at radius 3 is 2.58 bits per heavy atom. The number of rotatable bonds is 3. The number of benzene rings is 1. The molecule has 2 rings (SSSR count). The van der Waals surface area contributed by atoms with Gasteiger partial charge in [0, 0.05) is 6.20 Å². The van der Waals surface area contributed by atoms with Crippen molar-refractivity contribution < 1.29 is 8.42 Å². The minimum Gasteiger partial charge on any atom is -0.263 e. The number of aromatic nitrogens is 2. The van der Waals surface area contributed by atoms with Crippen LogP contribution in [0.1, 0.15) is 5.56 Å². The quantitative estimate of drug-likeness (QED) is 0.883. The van der Waals surface area contributed by atoms with Gasteiger partial charge in [-0.3, -0.25) is 4.72 Å². The maximum absolute atomic E-state index is 12.1. The number of hydrogen-bond donors (Lipinski definition) is 1. The van der Waals surface area contributed by atoms with Gasteiger partial charge in [0.25, 0.3) is 10.0 Å². The fourth-order valence-electron chi connectivity index (χ4n) is 1.41. The summed E-state index contributed by atoms with van der Waals surface area (Å²) in [6.45, 7) is 1.82. The average molecular weight is 318 g/mol. The summed E-state index contributed by atoms with van der Waals surface area (Å²) in [7, 11) is -3.81. The van der Waals surface area contributed by atoms with Gasteiger partial charge in [0.2, 0.25) is 5.28 Å². The second kappa shape index (κ2) is 5.32. The Hall–Kier alpha value is -1.37. The van der Waals surface area contributed by atoms with Crippen LogP contribution in [0, 0.1) is 6.92 Å². The minimum absolute atomic E-state index is 0.0190. The molecule has 0 saturated carbocycles. The van der Waals surface area contributed by atoms with Crippen LogP contribution in [0.4, 0.5) is 5.82 Å². The maximum atomic E-state index is 12.1. The van der Waals surface area contributed by atoms with Crippen molar-refractivity contribution in [3.63, 3.8) is 0 Å². The van der Waals surface area contributed by atoms with E-state index in [0.717, 1.165) is 5.56 Å². The monoisotopic (exact) mass is 317 g/mol. The third-order valence-electron chi connectivity index (χ3n) is 2.24. The molecule has 0 radical (unpaired) electrons. The van der Waals surface area contributed by atoms with E-state index in [1.807, 2.05) is 6.92 Å². The molecule has 0 fully saturated rings. The van der Waals surface area contributed by atoms with Gasteiger partial charge in [-0.05, 0) is 42.3 Å². The molecule has 0 saturated heterocycles. The lowest BCUT2D eigenvalue weighted by atomic mass is 10.2. The molecule has 0 aliphatic carbocycles. The Bertz CT molecular complexity index is 720. The lowest BCUT2D eigenvalue weighted by molar-refractivity contribution is 0.601. The number of nitrogens with zero attached hydrogens (tertiary/aromatic N) is 2. The number of anilines is 1. The first kappa shape index (κ1) is 14.0. The van der Waals surface area contributed by atoms with Crippen LogP contribution in [0.5, 0.6) is 0 Å². The van der Waals surface area contributed by atoms with Gasteiger partial charge < -0.3 is 0 Å². The normalized spacial score (nSPS) is 11.3.